The number of hydrogen-bond acceptors (Lipinski definition) is 7. The number of hydrogen-bond donors (Lipinski definition) is 3. The lowest BCUT2D eigenvalue weighted by atomic mass is 10.2. The van der Waals surface area contributed by atoms with Crippen molar-refractivity contribution in [1.29, 1.82) is 0 Å². The Morgan fingerprint density at radius 2 is 1.89 bits per heavy atom. The summed E-state index contributed by atoms with van der Waals surface area (Å²) in [6.45, 7) is 1.24. The van der Waals surface area contributed by atoms with Crippen LogP contribution >= 0.6 is 22.9 Å². The molecule has 0 unspecified atom stereocenters. The summed E-state index contributed by atoms with van der Waals surface area (Å²) in [5.41, 5.74) is 3.95. The summed E-state index contributed by atoms with van der Waals surface area (Å²) in [7, 11) is 1.65. The first-order chi connectivity index (χ1) is 18.1. The summed E-state index contributed by atoms with van der Waals surface area (Å²) in [5.74, 6) is -2.09. The van der Waals surface area contributed by atoms with Gasteiger partial charge in [-0.25, -0.2) is 14.8 Å². The highest BCUT2D eigenvalue weighted by Crippen LogP contribution is 2.31. The molecule has 0 radical (unpaired) electrons. The number of carbonyl (C=O) groups is 1. The topological polar surface area (TPSA) is 122 Å². The zero-order valence-electron chi connectivity index (χ0n) is 19.5. The predicted octanol–water partition coefficient (Wildman–Crippen LogP) is 5.34. The number of halogens is 4. The molecule has 3 N–H and O–H groups in total. The maximum atomic E-state index is 13.2. The van der Waals surface area contributed by atoms with Crippen LogP contribution < -0.4 is 10.9 Å². The van der Waals surface area contributed by atoms with Gasteiger partial charge in [0.25, 0.3) is 5.56 Å². The molecule has 0 aliphatic rings. The second-order valence-electron chi connectivity index (χ2n) is 7.76. The number of methoxy groups -OCH3 is 1. The lowest BCUT2D eigenvalue weighted by Crippen LogP contribution is -2.21. The van der Waals surface area contributed by atoms with Crippen molar-refractivity contribution in [2.75, 3.05) is 25.6 Å². The monoisotopic (exact) mass is 565 g/mol. The first kappa shape index (κ1) is 27.1. The minimum Gasteiger partial charge on any atom is -0.475 e. The normalized spacial score (nSPS) is 11.4. The highest BCUT2D eigenvalue weighted by Gasteiger charge is 2.38. The van der Waals surface area contributed by atoms with Crippen LogP contribution in [0.5, 0.6) is 0 Å². The molecule has 0 aliphatic heterocycles. The third kappa shape index (κ3) is 6.13. The third-order valence-corrected chi connectivity index (χ3v) is 6.56. The molecule has 0 amide bonds. The number of fused-ring (bicyclic) bond motifs is 2. The van der Waals surface area contributed by atoms with E-state index in [4.69, 9.17) is 26.2 Å². The number of rotatable bonds is 6. The standard InChI is InChI=1S/C22H18ClN5O2S.C2HF3O2/c1-30-9-8-24-22-26-16-7-6-15(10-17(16)27-22)28-12-25-18-11-19(31-20(18)21(28)29)13-2-4-14(23)5-3-13;3-2(4,5)1(6)7/h2-7,10-12H,8-9H2,1H3,(H2,24,26,27);(H,6,7). The van der Waals surface area contributed by atoms with Crippen LogP contribution in [0.3, 0.4) is 0 Å². The molecule has 2 aromatic carbocycles. The first-order valence-corrected chi connectivity index (χ1v) is 12.1. The Labute approximate surface area is 221 Å². The third-order valence-electron chi connectivity index (χ3n) is 5.15. The summed E-state index contributed by atoms with van der Waals surface area (Å²) >= 11 is 7.42. The Balaban J connectivity index is 0.000000426. The van der Waals surface area contributed by atoms with Crippen LogP contribution in [0, 0.1) is 0 Å². The smallest absolute Gasteiger partial charge is 0.475 e. The zero-order valence-corrected chi connectivity index (χ0v) is 21.1. The summed E-state index contributed by atoms with van der Waals surface area (Å²) < 4.78 is 38.9. The van der Waals surface area contributed by atoms with Crippen molar-refractivity contribution >= 4 is 56.1 Å². The van der Waals surface area contributed by atoms with E-state index in [1.807, 2.05) is 48.5 Å². The highest BCUT2D eigenvalue weighted by molar-refractivity contribution is 7.22. The molecular weight excluding hydrogens is 547 g/mol. The quantitative estimate of drug-likeness (QED) is 0.238. The van der Waals surface area contributed by atoms with Gasteiger partial charge in [-0.1, -0.05) is 23.7 Å². The Bertz CT molecular complexity index is 1650. The fourth-order valence-electron chi connectivity index (χ4n) is 3.36. The van der Waals surface area contributed by atoms with Gasteiger partial charge in [0.1, 0.15) is 11.0 Å². The van der Waals surface area contributed by atoms with Gasteiger partial charge in [-0.05, 0) is 42.0 Å². The molecule has 5 aromatic rings. The van der Waals surface area contributed by atoms with Gasteiger partial charge in [0.2, 0.25) is 5.95 Å². The Morgan fingerprint density at radius 3 is 2.55 bits per heavy atom. The van der Waals surface area contributed by atoms with Gasteiger partial charge >= 0.3 is 12.1 Å². The lowest BCUT2D eigenvalue weighted by molar-refractivity contribution is -0.192. The van der Waals surface area contributed by atoms with E-state index in [9.17, 15) is 18.0 Å². The Kier molecular flexibility index (Phi) is 7.99. The SMILES string of the molecule is COCCNc1nc2ccc(-n3cnc4cc(-c5ccc(Cl)cc5)sc4c3=O)cc2[nH]1.O=C(O)C(F)(F)F. The summed E-state index contributed by atoms with van der Waals surface area (Å²) in [6.07, 6.45) is -3.52. The van der Waals surface area contributed by atoms with Crippen LogP contribution in [0.25, 0.3) is 37.4 Å². The van der Waals surface area contributed by atoms with Crippen molar-refractivity contribution in [1.82, 2.24) is 19.5 Å². The summed E-state index contributed by atoms with van der Waals surface area (Å²) in [6, 6.07) is 15.1. The highest BCUT2D eigenvalue weighted by atomic mass is 35.5. The van der Waals surface area contributed by atoms with Gasteiger partial charge in [0.05, 0.1) is 28.8 Å². The van der Waals surface area contributed by atoms with Crippen LogP contribution in [0.15, 0.2) is 59.7 Å². The van der Waals surface area contributed by atoms with E-state index in [1.54, 1.807) is 18.0 Å². The average molecular weight is 566 g/mol. The van der Waals surface area contributed by atoms with Gasteiger partial charge in [0.15, 0.2) is 0 Å². The van der Waals surface area contributed by atoms with Crippen molar-refractivity contribution in [2.24, 2.45) is 0 Å². The van der Waals surface area contributed by atoms with Gasteiger partial charge < -0.3 is 20.1 Å². The molecule has 3 aromatic heterocycles. The van der Waals surface area contributed by atoms with Gasteiger partial charge in [-0.15, -0.1) is 11.3 Å². The zero-order chi connectivity index (χ0) is 27.4. The Morgan fingerprint density at radius 1 is 1.18 bits per heavy atom. The second-order valence-corrected chi connectivity index (χ2v) is 9.25. The minimum absolute atomic E-state index is 0.104. The Hall–Kier alpha value is -3.94. The molecule has 0 bridgehead atoms. The molecule has 0 spiro atoms. The molecule has 0 saturated carbocycles. The van der Waals surface area contributed by atoms with Crippen LogP contribution in [0.2, 0.25) is 5.02 Å². The van der Waals surface area contributed by atoms with E-state index in [0.717, 1.165) is 27.2 Å². The molecule has 5 rings (SSSR count). The number of anilines is 1. The van der Waals surface area contributed by atoms with E-state index in [1.165, 1.54) is 11.3 Å². The number of aromatic nitrogens is 4. The van der Waals surface area contributed by atoms with Crippen molar-refractivity contribution < 1.29 is 27.8 Å². The molecule has 0 aliphatic carbocycles. The number of nitrogens with one attached hydrogen (secondary N) is 2. The second kappa shape index (κ2) is 11.2. The molecule has 14 heteroatoms. The van der Waals surface area contributed by atoms with E-state index in [-0.39, 0.29) is 5.56 Å². The molecule has 0 saturated heterocycles. The van der Waals surface area contributed by atoms with Crippen LogP contribution in [0.1, 0.15) is 0 Å². The molecule has 198 valence electrons. The van der Waals surface area contributed by atoms with Crippen molar-refractivity contribution in [3.8, 4) is 16.1 Å². The maximum absolute atomic E-state index is 13.2. The van der Waals surface area contributed by atoms with Crippen molar-refractivity contribution in [2.45, 2.75) is 6.18 Å². The van der Waals surface area contributed by atoms with Gasteiger partial charge in [-0.3, -0.25) is 9.36 Å². The molecule has 0 atom stereocenters. The summed E-state index contributed by atoms with van der Waals surface area (Å²) in [5, 5.41) is 11.0. The largest absolute Gasteiger partial charge is 0.490 e. The van der Waals surface area contributed by atoms with Crippen LogP contribution in [-0.4, -0.2) is 57.0 Å². The first-order valence-electron chi connectivity index (χ1n) is 10.9. The molecule has 0 fully saturated rings. The lowest BCUT2D eigenvalue weighted by Gasteiger charge is -2.04. The van der Waals surface area contributed by atoms with E-state index >= 15 is 0 Å². The molecule has 9 nitrogen and oxygen atoms in total. The minimum atomic E-state index is -5.08. The fraction of sp³-hybridized carbons (Fsp3) is 0.167. The number of nitrogens with zero attached hydrogens (tertiary/aromatic N) is 3. The number of aromatic amines is 1. The van der Waals surface area contributed by atoms with Crippen LogP contribution in [-0.2, 0) is 9.53 Å². The van der Waals surface area contributed by atoms with Gasteiger partial charge in [0, 0.05) is 23.6 Å². The van der Waals surface area contributed by atoms with Gasteiger partial charge in [-0.2, -0.15) is 13.2 Å². The number of carboxylic acids is 1. The number of alkyl halides is 3. The molecule has 3 heterocycles. The number of imidazole rings is 1. The number of H-pyrrole nitrogens is 1. The number of aliphatic carboxylic acids is 1. The average Bonchev–Trinajstić information content (AvgIpc) is 3.49. The molecule has 38 heavy (non-hydrogen) atoms. The predicted molar refractivity (Wildman–Crippen MR) is 139 cm³/mol. The fourth-order valence-corrected chi connectivity index (χ4v) is 4.53. The summed E-state index contributed by atoms with van der Waals surface area (Å²) in [4.78, 5) is 35.3. The van der Waals surface area contributed by atoms with Crippen molar-refractivity contribution in [3.63, 3.8) is 0 Å². The van der Waals surface area contributed by atoms with E-state index in [0.29, 0.717) is 34.3 Å². The number of thiophene rings is 1. The molecular formula is C24H19ClF3N5O4S. The van der Waals surface area contributed by atoms with E-state index in [2.05, 4.69) is 20.3 Å². The number of benzene rings is 2. The van der Waals surface area contributed by atoms with Crippen molar-refractivity contribution in [3.05, 3.63) is 70.2 Å². The van der Waals surface area contributed by atoms with E-state index < -0.39 is 12.1 Å². The van der Waals surface area contributed by atoms with Crippen LogP contribution in [0.4, 0.5) is 19.1 Å². The number of carboxylic acid groups (broad SMARTS) is 1. The number of ether oxygens (including phenoxy) is 1. The maximum Gasteiger partial charge on any atom is 0.490 e.